The lowest BCUT2D eigenvalue weighted by Gasteiger charge is -2.21. The van der Waals surface area contributed by atoms with E-state index in [9.17, 15) is 43.2 Å². The van der Waals surface area contributed by atoms with E-state index in [4.69, 9.17) is 37.0 Å². The molecule has 0 aliphatic rings. The molecule has 0 aromatic carbocycles. The molecule has 0 fully saturated rings. The molecule has 3 N–H and O–H groups in total. The predicted molar refractivity (Wildman–Crippen MR) is 354 cm³/mol. The number of aliphatic hydroxyl groups is 1. The zero-order valence-corrected chi connectivity index (χ0v) is 58.8. The first-order valence-corrected chi connectivity index (χ1v) is 39.0. The maximum Gasteiger partial charge on any atom is 0.472 e. The minimum atomic E-state index is -4.95. The second kappa shape index (κ2) is 61.3. The fourth-order valence-corrected chi connectivity index (χ4v) is 12.0. The number of aliphatic hydroxyl groups excluding tert-OH is 1. The van der Waals surface area contributed by atoms with Crippen LogP contribution in [0, 0.1) is 11.8 Å². The molecule has 0 amide bonds. The first kappa shape index (κ1) is 86.1. The Balaban J connectivity index is 5.25. The molecule has 5 atom stereocenters. The van der Waals surface area contributed by atoms with Crippen LogP contribution in [0.15, 0.2) is 0 Å². The Morgan fingerprint density at radius 2 is 0.523 bits per heavy atom. The molecule has 522 valence electrons. The maximum absolute atomic E-state index is 13.0. The number of esters is 4. The largest absolute Gasteiger partial charge is 0.472 e. The van der Waals surface area contributed by atoms with Gasteiger partial charge < -0.3 is 33.8 Å². The predicted octanol–water partition coefficient (Wildman–Crippen LogP) is 19.6. The summed E-state index contributed by atoms with van der Waals surface area (Å²) >= 11 is 0. The van der Waals surface area contributed by atoms with Gasteiger partial charge in [0.25, 0.3) is 0 Å². The lowest BCUT2D eigenvalue weighted by atomic mass is 10.0. The van der Waals surface area contributed by atoms with E-state index in [2.05, 4.69) is 41.5 Å². The van der Waals surface area contributed by atoms with Gasteiger partial charge in [0.05, 0.1) is 26.4 Å². The average Bonchev–Trinajstić information content (AvgIpc) is 3.49. The lowest BCUT2D eigenvalue weighted by molar-refractivity contribution is -0.161. The number of carbonyl (C=O) groups excluding carboxylic acids is 4. The minimum Gasteiger partial charge on any atom is -0.462 e. The van der Waals surface area contributed by atoms with Crippen molar-refractivity contribution in [2.24, 2.45) is 11.8 Å². The summed E-state index contributed by atoms with van der Waals surface area (Å²) in [7, 11) is -9.90. The smallest absolute Gasteiger partial charge is 0.462 e. The molecular weight excluding hydrogens is 1160 g/mol. The Bertz CT molecular complexity index is 1720. The Labute approximate surface area is 537 Å². The third-order valence-corrected chi connectivity index (χ3v) is 17.9. The molecular formula is C69H134O17P2. The van der Waals surface area contributed by atoms with Crippen molar-refractivity contribution in [3.8, 4) is 0 Å². The molecule has 0 aromatic heterocycles. The Morgan fingerprint density at radius 1 is 0.307 bits per heavy atom. The van der Waals surface area contributed by atoms with Crippen LogP contribution < -0.4 is 0 Å². The van der Waals surface area contributed by atoms with E-state index in [0.29, 0.717) is 31.6 Å². The summed E-state index contributed by atoms with van der Waals surface area (Å²) in [5.74, 6) is -0.703. The molecule has 0 spiro atoms. The van der Waals surface area contributed by atoms with Gasteiger partial charge in [-0.25, -0.2) is 9.13 Å². The van der Waals surface area contributed by atoms with Gasteiger partial charge in [-0.2, -0.15) is 0 Å². The SMILES string of the molecule is CCCCCCCCCCCCCCCCC(=O)O[C@H](COC(=O)CCCCCCCCCCCCCCC)COP(=O)(O)OC[C@@H](O)COP(=O)(O)OC[C@@H](COC(=O)CCCCCCCCCC(C)C)OC(=O)CCCCCCCCCCC(C)C. The van der Waals surface area contributed by atoms with E-state index in [1.807, 2.05) is 0 Å². The van der Waals surface area contributed by atoms with Crippen LogP contribution in [0.1, 0.15) is 350 Å². The lowest BCUT2D eigenvalue weighted by Crippen LogP contribution is -2.30. The third-order valence-electron chi connectivity index (χ3n) is 16.0. The van der Waals surface area contributed by atoms with Gasteiger partial charge in [-0.05, 0) is 37.5 Å². The summed E-state index contributed by atoms with van der Waals surface area (Å²) in [4.78, 5) is 72.5. The van der Waals surface area contributed by atoms with Crippen molar-refractivity contribution in [2.75, 3.05) is 39.6 Å². The number of ether oxygens (including phenoxy) is 4. The monoisotopic (exact) mass is 1300 g/mol. The second-order valence-electron chi connectivity index (χ2n) is 25.9. The molecule has 0 heterocycles. The van der Waals surface area contributed by atoms with Gasteiger partial charge in [0.2, 0.25) is 0 Å². The molecule has 0 radical (unpaired) electrons. The first-order valence-electron chi connectivity index (χ1n) is 36.0. The number of rotatable bonds is 68. The van der Waals surface area contributed by atoms with Gasteiger partial charge in [-0.1, -0.05) is 298 Å². The van der Waals surface area contributed by atoms with E-state index >= 15 is 0 Å². The van der Waals surface area contributed by atoms with Crippen molar-refractivity contribution in [1.29, 1.82) is 0 Å². The van der Waals surface area contributed by atoms with Crippen molar-refractivity contribution < 1.29 is 80.2 Å². The van der Waals surface area contributed by atoms with Crippen LogP contribution in [0.3, 0.4) is 0 Å². The zero-order valence-electron chi connectivity index (χ0n) is 57.0. The zero-order chi connectivity index (χ0) is 65.0. The standard InChI is InChI=1S/C69H134O17P2/c1-7-9-11-13-15-17-19-21-23-25-27-34-41-47-53-68(73)85-64(57-79-66(71)51-45-39-33-26-24-22-20-18-16-14-12-10-8-2)59-83-87(75,76)81-55-63(70)56-82-88(77,78)84-60-65(58-80-67(72)52-46-40-36-30-32-38-44-50-62(5)6)86-69(74)54-48-42-35-29-28-31-37-43-49-61(3)4/h61-65,70H,7-60H2,1-6H3,(H,75,76)(H,77,78)/t63-,64-,65-/m1/s1. The summed E-state index contributed by atoms with van der Waals surface area (Å²) in [5, 5.41) is 10.6. The molecule has 0 aliphatic carbocycles. The summed E-state index contributed by atoms with van der Waals surface area (Å²) in [6.45, 7) is 9.45. The topological polar surface area (TPSA) is 237 Å². The summed E-state index contributed by atoms with van der Waals surface area (Å²) in [6.07, 6.45) is 45.8. The van der Waals surface area contributed by atoms with Crippen LogP contribution in [-0.4, -0.2) is 96.7 Å². The van der Waals surface area contributed by atoms with Crippen LogP contribution in [-0.2, 0) is 65.4 Å². The van der Waals surface area contributed by atoms with E-state index in [1.165, 1.54) is 161 Å². The van der Waals surface area contributed by atoms with Crippen LogP contribution in [0.5, 0.6) is 0 Å². The molecule has 0 saturated carbocycles. The van der Waals surface area contributed by atoms with Gasteiger partial charge in [0.1, 0.15) is 19.3 Å². The Hall–Kier alpha value is -1.94. The molecule has 0 aromatic rings. The summed E-state index contributed by atoms with van der Waals surface area (Å²) in [6, 6.07) is 0. The molecule has 0 rings (SSSR count). The molecule has 0 aliphatic heterocycles. The van der Waals surface area contributed by atoms with Gasteiger partial charge in [-0.3, -0.25) is 37.3 Å². The molecule has 2 unspecified atom stereocenters. The van der Waals surface area contributed by atoms with Gasteiger partial charge >= 0.3 is 39.5 Å². The van der Waals surface area contributed by atoms with Crippen LogP contribution in [0.2, 0.25) is 0 Å². The van der Waals surface area contributed by atoms with Crippen molar-refractivity contribution in [3.05, 3.63) is 0 Å². The number of phosphoric ester groups is 2. The minimum absolute atomic E-state index is 0.104. The normalized spacial score (nSPS) is 14.2. The van der Waals surface area contributed by atoms with Crippen molar-refractivity contribution >= 4 is 39.5 Å². The van der Waals surface area contributed by atoms with Gasteiger partial charge in [0, 0.05) is 25.7 Å². The third kappa shape index (κ3) is 62.8. The van der Waals surface area contributed by atoms with E-state index in [0.717, 1.165) is 102 Å². The quantitative estimate of drug-likeness (QED) is 0.0222. The van der Waals surface area contributed by atoms with E-state index in [-0.39, 0.29) is 25.7 Å². The van der Waals surface area contributed by atoms with E-state index in [1.54, 1.807) is 0 Å². The van der Waals surface area contributed by atoms with Crippen molar-refractivity contribution in [3.63, 3.8) is 0 Å². The fraction of sp³-hybridized carbons (Fsp3) is 0.942. The molecule has 0 saturated heterocycles. The summed E-state index contributed by atoms with van der Waals surface area (Å²) < 4.78 is 68.2. The number of hydrogen-bond acceptors (Lipinski definition) is 15. The highest BCUT2D eigenvalue weighted by Gasteiger charge is 2.30. The van der Waals surface area contributed by atoms with E-state index < -0.39 is 97.5 Å². The molecule has 19 heteroatoms. The van der Waals surface area contributed by atoms with Crippen molar-refractivity contribution in [1.82, 2.24) is 0 Å². The first-order chi connectivity index (χ1) is 42.4. The highest BCUT2D eigenvalue weighted by Crippen LogP contribution is 2.45. The second-order valence-corrected chi connectivity index (χ2v) is 28.8. The number of phosphoric acid groups is 2. The number of unbranched alkanes of at least 4 members (excludes halogenated alkanes) is 38. The Kier molecular flexibility index (Phi) is 59.9. The Morgan fingerprint density at radius 3 is 0.773 bits per heavy atom. The molecule has 17 nitrogen and oxygen atoms in total. The molecule has 88 heavy (non-hydrogen) atoms. The van der Waals surface area contributed by atoms with Crippen molar-refractivity contribution in [2.45, 2.75) is 368 Å². The number of carbonyl (C=O) groups is 4. The maximum atomic E-state index is 13.0. The van der Waals surface area contributed by atoms with Crippen LogP contribution in [0.4, 0.5) is 0 Å². The highest BCUT2D eigenvalue weighted by molar-refractivity contribution is 7.47. The highest BCUT2D eigenvalue weighted by atomic mass is 31.2. The van der Waals surface area contributed by atoms with Crippen LogP contribution in [0.25, 0.3) is 0 Å². The average molecular weight is 1300 g/mol. The van der Waals surface area contributed by atoms with Crippen LogP contribution >= 0.6 is 15.6 Å². The van der Waals surface area contributed by atoms with Gasteiger partial charge in [-0.15, -0.1) is 0 Å². The van der Waals surface area contributed by atoms with Gasteiger partial charge in [0.15, 0.2) is 12.2 Å². The summed E-state index contributed by atoms with van der Waals surface area (Å²) in [5.41, 5.74) is 0. The fourth-order valence-electron chi connectivity index (χ4n) is 10.4. The number of hydrogen-bond donors (Lipinski definition) is 3. The molecule has 0 bridgehead atoms.